The number of aryl methyl sites for hydroxylation is 1. The van der Waals surface area contributed by atoms with Gasteiger partial charge in [-0.2, -0.15) is 0 Å². The number of rotatable bonds is 4. The lowest BCUT2D eigenvalue weighted by atomic mass is 10.2. The molecule has 3 aromatic rings. The second kappa shape index (κ2) is 5.99. The van der Waals surface area contributed by atoms with E-state index in [-0.39, 0.29) is 6.04 Å². The van der Waals surface area contributed by atoms with Crippen molar-refractivity contribution >= 4 is 45.6 Å². The van der Waals surface area contributed by atoms with Gasteiger partial charge in [0.25, 0.3) is 0 Å². The maximum atomic E-state index is 6.38. The topological polar surface area (TPSA) is 17.8 Å². The van der Waals surface area contributed by atoms with Crippen molar-refractivity contribution in [1.29, 1.82) is 0 Å². The summed E-state index contributed by atoms with van der Waals surface area (Å²) in [5, 5.41) is 0.727. The van der Waals surface area contributed by atoms with Gasteiger partial charge in [0.15, 0.2) is 0 Å². The van der Waals surface area contributed by atoms with Crippen molar-refractivity contribution in [2.24, 2.45) is 0 Å². The summed E-state index contributed by atoms with van der Waals surface area (Å²) in [7, 11) is 0. The van der Waals surface area contributed by atoms with Gasteiger partial charge in [-0.1, -0.05) is 17.7 Å². The van der Waals surface area contributed by atoms with Crippen LogP contribution in [0.3, 0.4) is 0 Å². The molecule has 0 aliphatic rings. The SMILES string of the molecule is Cc1ccc(CC(C)n2c(CCl)nc3cccc(Cl)c32)s1. The zero-order valence-corrected chi connectivity index (χ0v) is 14.3. The summed E-state index contributed by atoms with van der Waals surface area (Å²) in [4.78, 5) is 7.32. The minimum atomic E-state index is 0.265. The summed E-state index contributed by atoms with van der Waals surface area (Å²) >= 11 is 14.3. The quantitative estimate of drug-likeness (QED) is 0.566. The number of alkyl halides is 1. The number of nitrogens with zero attached hydrogens (tertiary/aromatic N) is 2. The Hall–Kier alpha value is -1.03. The van der Waals surface area contributed by atoms with Gasteiger partial charge in [0, 0.05) is 22.2 Å². The Kier molecular flexibility index (Phi) is 4.25. The first-order valence-electron chi connectivity index (χ1n) is 6.86. The van der Waals surface area contributed by atoms with Crippen LogP contribution in [0.5, 0.6) is 0 Å². The zero-order valence-electron chi connectivity index (χ0n) is 11.9. The summed E-state index contributed by atoms with van der Waals surface area (Å²) in [6.07, 6.45) is 0.957. The molecule has 0 saturated carbocycles. The zero-order chi connectivity index (χ0) is 15.0. The Bertz CT molecular complexity index is 776. The molecule has 0 aliphatic heterocycles. The monoisotopic (exact) mass is 338 g/mol. The normalized spacial score (nSPS) is 13.0. The Labute approximate surface area is 138 Å². The second-order valence-electron chi connectivity index (χ2n) is 5.20. The maximum absolute atomic E-state index is 6.38. The fraction of sp³-hybridized carbons (Fsp3) is 0.312. The minimum Gasteiger partial charge on any atom is -0.323 e. The highest BCUT2D eigenvalue weighted by Crippen LogP contribution is 2.30. The van der Waals surface area contributed by atoms with Crippen LogP contribution in [0.1, 0.15) is 28.5 Å². The summed E-state index contributed by atoms with van der Waals surface area (Å²) in [6, 6.07) is 10.4. The summed E-state index contributed by atoms with van der Waals surface area (Å²) in [5.74, 6) is 1.26. The average Bonchev–Trinajstić information content (AvgIpc) is 3.02. The largest absolute Gasteiger partial charge is 0.323 e. The molecule has 1 aromatic carbocycles. The third kappa shape index (κ3) is 2.83. The Morgan fingerprint density at radius 2 is 2.10 bits per heavy atom. The first-order chi connectivity index (χ1) is 10.1. The number of benzene rings is 1. The Balaban J connectivity index is 2.05. The molecule has 0 spiro atoms. The molecule has 0 bridgehead atoms. The molecule has 0 radical (unpaired) electrons. The van der Waals surface area contributed by atoms with Gasteiger partial charge in [0.1, 0.15) is 5.82 Å². The van der Waals surface area contributed by atoms with Crippen molar-refractivity contribution in [3.8, 4) is 0 Å². The number of imidazole rings is 1. The number of para-hydroxylation sites is 1. The molecule has 2 nitrogen and oxygen atoms in total. The van der Waals surface area contributed by atoms with Gasteiger partial charge in [-0.3, -0.25) is 0 Å². The van der Waals surface area contributed by atoms with Crippen LogP contribution in [0.4, 0.5) is 0 Å². The minimum absolute atomic E-state index is 0.265. The van der Waals surface area contributed by atoms with Crippen molar-refractivity contribution in [1.82, 2.24) is 9.55 Å². The fourth-order valence-corrected chi connectivity index (χ4v) is 4.16. The number of hydrogen-bond acceptors (Lipinski definition) is 2. The number of aromatic nitrogens is 2. The van der Waals surface area contributed by atoms with Crippen LogP contribution >= 0.6 is 34.5 Å². The van der Waals surface area contributed by atoms with E-state index in [2.05, 4.69) is 35.5 Å². The van der Waals surface area contributed by atoms with Gasteiger partial charge in [-0.15, -0.1) is 22.9 Å². The van der Waals surface area contributed by atoms with Crippen LogP contribution in [0, 0.1) is 6.92 Å². The molecule has 0 fully saturated rings. The fourth-order valence-electron chi connectivity index (χ4n) is 2.70. The van der Waals surface area contributed by atoms with Crippen LogP contribution in [-0.4, -0.2) is 9.55 Å². The smallest absolute Gasteiger partial charge is 0.125 e. The maximum Gasteiger partial charge on any atom is 0.125 e. The van der Waals surface area contributed by atoms with E-state index in [1.165, 1.54) is 9.75 Å². The molecule has 0 amide bonds. The number of halogens is 2. The lowest BCUT2D eigenvalue weighted by molar-refractivity contribution is 0.547. The van der Waals surface area contributed by atoms with Gasteiger partial charge in [-0.25, -0.2) is 4.98 Å². The van der Waals surface area contributed by atoms with Gasteiger partial charge >= 0.3 is 0 Å². The third-order valence-corrected chi connectivity index (χ3v) is 5.15. The van der Waals surface area contributed by atoms with Gasteiger partial charge in [0.05, 0.1) is 21.9 Å². The molecule has 1 atom stereocenters. The van der Waals surface area contributed by atoms with E-state index in [1.54, 1.807) is 0 Å². The van der Waals surface area contributed by atoms with E-state index in [0.717, 1.165) is 28.3 Å². The predicted molar refractivity (Wildman–Crippen MR) is 91.8 cm³/mol. The van der Waals surface area contributed by atoms with Crippen molar-refractivity contribution in [2.45, 2.75) is 32.2 Å². The van der Waals surface area contributed by atoms with E-state index in [0.29, 0.717) is 5.88 Å². The third-order valence-electron chi connectivity index (χ3n) is 3.59. The highest BCUT2D eigenvalue weighted by atomic mass is 35.5. The van der Waals surface area contributed by atoms with Crippen LogP contribution in [0.25, 0.3) is 11.0 Å². The van der Waals surface area contributed by atoms with Crippen molar-refractivity contribution in [3.05, 3.63) is 50.9 Å². The lowest BCUT2D eigenvalue weighted by Gasteiger charge is -2.17. The highest BCUT2D eigenvalue weighted by Gasteiger charge is 2.18. The van der Waals surface area contributed by atoms with E-state index in [4.69, 9.17) is 23.2 Å². The molecule has 0 saturated heterocycles. The molecule has 0 N–H and O–H groups in total. The van der Waals surface area contributed by atoms with Gasteiger partial charge in [0.2, 0.25) is 0 Å². The average molecular weight is 339 g/mol. The first-order valence-corrected chi connectivity index (χ1v) is 8.59. The van der Waals surface area contributed by atoms with Crippen molar-refractivity contribution in [3.63, 3.8) is 0 Å². The second-order valence-corrected chi connectivity index (χ2v) is 7.25. The van der Waals surface area contributed by atoms with Crippen LogP contribution < -0.4 is 0 Å². The molecule has 21 heavy (non-hydrogen) atoms. The van der Waals surface area contributed by atoms with E-state index >= 15 is 0 Å². The van der Waals surface area contributed by atoms with Crippen LogP contribution in [0.2, 0.25) is 5.02 Å². The van der Waals surface area contributed by atoms with E-state index in [1.807, 2.05) is 29.5 Å². The molecule has 2 heterocycles. The number of thiophene rings is 1. The summed E-state index contributed by atoms with van der Waals surface area (Å²) < 4.78 is 2.18. The van der Waals surface area contributed by atoms with Crippen molar-refractivity contribution in [2.75, 3.05) is 0 Å². The summed E-state index contributed by atoms with van der Waals surface area (Å²) in [6.45, 7) is 4.32. The lowest BCUT2D eigenvalue weighted by Crippen LogP contribution is -2.10. The van der Waals surface area contributed by atoms with E-state index < -0.39 is 0 Å². The molecule has 0 aliphatic carbocycles. The number of hydrogen-bond donors (Lipinski definition) is 0. The number of fused-ring (bicyclic) bond motifs is 1. The molecule has 5 heteroatoms. The molecule has 3 rings (SSSR count). The molecule has 1 unspecified atom stereocenters. The van der Waals surface area contributed by atoms with Gasteiger partial charge in [-0.05, 0) is 38.1 Å². The van der Waals surface area contributed by atoms with E-state index in [9.17, 15) is 0 Å². The Morgan fingerprint density at radius 1 is 1.29 bits per heavy atom. The van der Waals surface area contributed by atoms with Crippen molar-refractivity contribution < 1.29 is 0 Å². The molecule has 110 valence electrons. The molecular weight excluding hydrogens is 323 g/mol. The summed E-state index contributed by atoms with van der Waals surface area (Å²) in [5.41, 5.74) is 1.89. The predicted octanol–water partition coefficient (Wildman–Crippen LogP) is 5.60. The molecule has 2 aromatic heterocycles. The van der Waals surface area contributed by atoms with Crippen LogP contribution in [0.15, 0.2) is 30.3 Å². The molecular formula is C16H16Cl2N2S. The highest BCUT2D eigenvalue weighted by molar-refractivity contribution is 7.11. The van der Waals surface area contributed by atoms with Crippen LogP contribution in [-0.2, 0) is 12.3 Å². The first kappa shape index (κ1) is 14.9. The standard InChI is InChI=1S/C16H16Cl2N2S/c1-10(8-12-7-6-11(2)21-12)20-15(9-17)19-14-5-3-4-13(18)16(14)20/h3-7,10H,8-9H2,1-2H3. The van der Waals surface area contributed by atoms with Gasteiger partial charge < -0.3 is 4.57 Å². The Morgan fingerprint density at radius 3 is 2.76 bits per heavy atom.